The Morgan fingerprint density at radius 3 is 2.60 bits per heavy atom. The Labute approximate surface area is 148 Å². The highest BCUT2D eigenvalue weighted by atomic mass is 16.1. The van der Waals surface area contributed by atoms with Gasteiger partial charge >= 0.3 is 0 Å². The molecule has 0 saturated heterocycles. The Bertz CT molecular complexity index is 885. The van der Waals surface area contributed by atoms with Crippen molar-refractivity contribution >= 4 is 16.8 Å². The lowest BCUT2D eigenvalue weighted by atomic mass is 10.1. The van der Waals surface area contributed by atoms with Crippen molar-refractivity contribution < 1.29 is 4.79 Å². The quantitative estimate of drug-likeness (QED) is 0.677. The van der Waals surface area contributed by atoms with E-state index in [9.17, 15) is 4.79 Å². The molecule has 0 atom stereocenters. The Balaban J connectivity index is 1.46. The molecule has 1 N–H and O–H groups in total. The molecule has 0 unspecified atom stereocenters. The topological polar surface area (TPSA) is 42.0 Å². The van der Waals surface area contributed by atoms with Crippen LogP contribution in [0.4, 0.5) is 0 Å². The minimum atomic E-state index is 0.00793. The molecule has 0 aliphatic heterocycles. The number of pyridine rings is 1. The number of benzene rings is 2. The summed E-state index contributed by atoms with van der Waals surface area (Å²) in [6.45, 7) is 0.684. The first kappa shape index (κ1) is 15.8. The van der Waals surface area contributed by atoms with Gasteiger partial charge in [0.1, 0.15) is 0 Å². The van der Waals surface area contributed by atoms with E-state index in [1.165, 1.54) is 18.4 Å². The average Bonchev–Trinajstić information content (AvgIpc) is 3.50. The van der Waals surface area contributed by atoms with Crippen molar-refractivity contribution in [3.63, 3.8) is 0 Å². The number of hydrogen-bond donors (Lipinski definition) is 1. The zero-order valence-electron chi connectivity index (χ0n) is 14.2. The molecule has 1 aliphatic carbocycles. The monoisotopic (exact) mass is 330 g/mol. The Morgan fingerprint density at radius 2 is 1.80 bits per heavy atom. The molecule has 3 aromatic rings. The lowest BCUT2D eigenvalue weighted by Gasteiger charge is -2.10. The second-order valence-electron chi connectivity index (χ2n) is 6.73. The summed E-state index contributed by atoms with van der Waals surface area (Å²) in [6.07, 6.45) is 4.28. The van der Waals surface area contributed by atoms with Gasteiger partial charge in [-0.3, -0.25) is 9.78 Å². The Morgan fingerprint density at radius 1 is 1.04 bits per heavy atom. The molecule has 1 saturated carbocycles. The standard InChI is InChI=1S/C22H22N2O/c25-22(23-14-6-9-16-7-2-1-3-8-16)19-15-21(17-12-13-17)24-20-11-5-4-10-18(19)20/h1-5,7-8,10-11,15,17H,6,9,12-14H2,(H,23,25). The predicted octanol–water partition coefficient (Wildman–Crippen LogP) is 4.47. The van der Waals surface area contributed by atoms with Crippen molar-refractivity contribution in [2.24, 2.45) is 0 Å². The number of aryl methyl sites for hydroxylation is 1. The number of amides is 1. The summed E-state index contributed by atoms with van der Waals surface area (Å²) >= 11 is 0. The molecule has 1 amide bonds. The second kappa shape index (κ2) is 7.06. The minimum Gasteiger partial charge on any atom is -0.352 e. The fourth-order valence-electron chi connectivity index (χ4n) is 3.21. The molecule has 0 bridgehead atoms. The van der Waals surface area contributed by atoms with Crippen molar-refractivity contribution in [2.45, 2.75) is 31.6 Å². The number of nitrogens with one attached hydrogen (secondary N) is 1. The molecule has 1 heterocycles. The van der Waals surface area contributed by atoms with Crippen LogP contribution in [0.5, 0.6) is 0 Å². The van der Waals surface area contributed by atoms with E-state index in [2.05, 4.69) is 29.6 Å². The molecule has 1 aliphatic rings. The van der Waals surface area contributed by atoms with Gasteiger partial charge < -0.3 is 5.32 Å². The van der Waals surface area contributed by atoms with Crippen molar-refractivity contribution in [1.29, 1.82) is 0 Å². The molecule has 0 radical (unpaired) electrons. The van der Waals surface area contributed by atoms with E-state index >= 15 is 0 Å². The van der Waals surface area contributed by atoms with E-state index in [4.69, 9.17) is 4.98 Å². The fourth-order valence-corrected chi connectivity index (χ4v) is 3.21. The van der Waals surface area contributed by atoms with Gasteiger partial charge in [-0.05, 0) is 43.4 Å². The van der Waals surface area contributed by atoms with Crippen LogP contribution in [-0.2, 0) is 6.42 Å². The predicted molar refractivity (Wildman–Crippen MR) is 101 cm³/mol. The van der Waals surface area contributed by atoms with Crippen molar-refractivity contribution in [3.05, 3.63) is 77.5 Å². The first-order valence-corrected chi connectivity index (χ1v) is 9.03. The van der Waals surface area contributed by atoms with Gasteiger partial charge in [-0.25, -0.2) is 0 Å². The van der Waals surface area contributed by atoms with Crippen LogP contribution in [0.2, 0.25) is 0 Å². The largest absolute Gasteiger partial charge is 0.352 e. The maximum Gasteiger partial charge on any atom is 0.252 e. The van der Waals surface area contributed by atoms with Gasteiger partial charge in [0.25, 0.3) is 5.91 Å². The van der Waals surface area contributed by atoms with Crippen LogP contribution in [-0.4, -0.2) is 17.4 Å². The fraction of sp³-hybridized carbons (Fsp3) is 0.273. The first-order chi connectivity index (χ1) is 12.3. The highest BCUT2D eigenvalue weighted by molar-refractivity contribution is 6.06. The normalized spacial score (nSPS) is 13.8. The van der Waals surface area contributed by atoms with Gasteiger partial charge in [0.15, 0.2) is 0 Å². The summed E-state index contributed by atoms with van der Waals surface area (Å²) in [7, 11) is 0. The van der Waals surface area contributed by atoms with Gasteiger partial charge in [0.2, 0.25) is 0 Å². The zero-order chi connectivity index (χ0) is 17.1. The molecule has 4 rings (SSSR count). The van der Waals surface area contributed by atoms with E-state index in [-0.39, 0.29) is 5.91 Å². The number of carbonyl (C=O) groups excluding carboxylic acids is 1. The summed E-state index contributed by atoms with van der Waals surface area (Å²) < 4.78 is 0. The number of aromatic nitrogens is 1. The molecule has 25 heavy (non-hydrogen) atoms. The van der Waals surface area contributed by atoms with Crippen LogP contribution in [0.25, 0.3) is 10.9 Å². The third-order valence-corrected chi connectivity index (χ3v) is 4.75. The lowest BCUT2D eigenvalue weighted by molar-refractivity contribution is 0.0954. The number of hydrogen-bond acceptors (Lipinski definition) is 2. The summed E-state index contributed by atoms with van der Waals surface area (Å²) in [5.41, 5.74) is 4.05. The van der Waals surface area contributed by atoms with Crippen molar-refractivity contribution in [3.8, 4) is 0 Å². The van der Waals surface area contributed by atoms with Crippen LogP contribution in [0.15, 0.2) is 60.7 Å². The molecule has 1 fully saturated rings. The van der Waals surface area contributed by atoms with E-state index in [1.54, 1.807) is 0 Å². The third-order valence-electron chi connectivity index (χ3n) is 4.75. The number of nitrogens with zero attached hydrogens (tertiary/aromatic N) is 1. The van der Waals surface area contributed by atoms with Crippen LogP contribution >= 0.6 is 0 Å². The smallest absolute Gasteiger partial charge is 0.252 e. The van der Waals surface area contributed by atoms with E-state index in [0.29, 0.717) is 12.5 Å². The van der Waals surface area contributed by atoms with Crippen LogP contribution in [0.1, 0.15) is 46.8 Å². The highest BCUT2D eigenvalue weighted by Gasteiger charge is 2.26. The van der Waals surface area contributed by atoms with Gasteiger partial charge in [-0.2, -0.15) is 0 Å². The first-order valence-electron chi connectivity index (χ1n) is 9.03. The van der Waals surface area contributed by atoms with Crippen LogP contribution in [0.3, 0.4) is 0 Å². The number of fused-ring (bicyclic) bond motifs is 1. The summed E-state index contributed by atoms with van der Waals surface area (Å²) in [5, 5.41) is 4.02. The van der Waals surface area contributed by atoms with Gasteiger partial charge in [0, 0.05) is 23.5 Å². The van der Waals surface area contributed by atoms with Gasteiger partial charge in [0.05, 0.1) is 11.1 Å². The number of carbonyl (C=O) groups is 1. The second-order valence-corrected chi connectivity index (χ2v) is 6.73. The molecule has 0 spiro atoms. The summed E-state index contributed by atoms with van der Waals surface area (Å²) in [4.78, 5) is 17.5. The molecule has 1 aromatic heterocycles. The minimum absolute atomic E-state index is 0.00793. The SMILES string of the molecule is O=C(NCCCc1ccccc1)c1cc(C2CC2)nc2ccccc12. The maximum atomic E-state index is 12.7. The third kappa shape index (κ3) is 3.71. The van der Waals surface area contributed by atoms with Crippen LogP contribution in [0, 0.1) is 0 Å². The maximum absolute atomic E-state index is 12.7. The van der Waals surface area contributed by atoms with Gasteiger partial charge in [-0.1, -0.05) is 48.5 Å². The number of rotatable bonds is 6. The summed E-state index contributed by atoms with van der Waals surface area (Å²) in [5.74, 6) is 0.544. The lowest BCUT2D eigenvalue weighted by Crippen LogP contribution is -2.25. The number of para-hydroxylation sites is 1. The van der Waals surface area contributed by atoms with Crippen molar-refractivity contribution in [1.82, 2.24) is 10.3 Å². The zero-order valence-corrected chi connectivity index (χ0v) is 14.2. The molecular weight excluding hydrogens is 308 g/mol. The van der Waals surface area contributed by atoms with E-state index in [1.807, 2.05) is 36.4 Å². The molecule has 2 aromatic carbocycles. The molecule has 3 nitrogen and oxygen atoms in total. The van der Waals surface area contributed by atoms with E-state index in [0.717, 1.165) is 35.0 Å². The Kier molecular flexibility index (Phi) is 4.47. The summed E-state index contributed by atoms with van der Waals surface area (Å²) in [6, 6.07) is 20.3. The van der Waals surface area contributed by atoms with Crippen molar-refractivity contribution in [2.75, 3.05) is 6.54 Å². The molecule has 126 valence electrons. The van der Waals surface area contributed by atoms with E-state index < -0.39 is 0 Å². The van der Waals surface area contributed by atoms with Crippen LogP contribution < -0.4 is 5.32 Å². The molecule has 3 heteroatoms. The Hall–Kier alpha value is -2.68. The highest BCUT2D eigenvalue weighted by Crippen LogP contribution is 2.40. The van der Waals surface area contributed by atoms with Gasteiger partial charge in [-0.15, -0.1) is 0 Å². The average molecular weight is 330 g/mol. The molecular formula is C22H22N2O.